The van der Waals surface area contributed by atoms with E-state index in [9.17, 15) is 4.79 Å². The molecular formula is C13H13IN2O. The molecule has 3 nitrogen and oxygen atoms in total. The molecule has 0 aliphatic heterocycles. The summed E-state index contributed by atoms with van der Waals surface area (Å²) in [6.07, 6.45) is 2.57. The van der Waals surface area contributed by atoms with Crippen LogP contribution in [0.5, 0.6) is 0 Å². The number of aromatic nitrogens is 1. The highest BCUT2D eigenvalue weighted by atomic mass is 127. The molecule has 17 heavy (non-hydrogen) atoms. The Morgan fingerprint density at radius 1 is 1.47 bits per heavy atom. The Kier molecular flexibility index (Phi) is 3.83. The third-order valence-corrected chi connectivity index (χ3v) is 3.62. The average molecular weight is 340 g/mol. The van der Waals surface area contributed by atoms with Crippen molar-refractivity contribution < 1.29 is 4.79 Å². The molecule has 4 heteroatoms. The van der Waals surface area contributed by atoms with Gasteiger partial charge in [-0.15, -0.1) is 6.58 Å². The maximum Gasteiger partial charge on any atom is 0.268 e. The van der Waals surface area contributed by atoms with E-state index < -0.39 is 0 Å². The van der Waals surface area contributed by atoms with Crippen molar-refractivity contribution in [3.63, 3.8) is 0 Å². The molecule has 0 saturated carbocycles. The van der Waals surface area contributed by atoms with E-state index in [1.807, 2.05) is 24.3 Å². The summed E-state index contributed by atoms with van der Waals surface area (Å²) >= 11 is 2.20. The number of H-pyrrole nitrogens is 1. The lowest BCUT2D eigenvalue weighted by molar-refractivity contribution is 0.0949. The molecule has 2 rings (SSSR count). The topological polar surface area (TPSA) is 44.9 Å². The molecule has 2 N–H and O–H groups in total. The quantitative estimate of drug-likeness (QED) is 0.502. The van der Waals surface area contributed by atoms with Crippen molar-refractivity contribution in [1.82, 2.24) is 10.3 Å². The van der Waals surface area contributed by atoms with Crippen LogP contribution in [0.2, 0.25) is 0 Å². The molecule has 0 fully saturated rings. The first kappa shape index (κ1) is 12.2. The first-order valence-electron chi connectivity index (χ1n) is 5.39. The second kappa shape index (κ2) is 5.35. The Labute approximate surface area is 113 Å². The number of aromatic amines is 1. The van der Waals surface area contributed by atoms with Crippen LogP contribution in [0.1, 0.15) is 16.9 Å². The Bertz CT molecular complexity index is 560. The molecule has 1 amide bonds. The predicted molar refractivity (Wildman–Crippen MR) is 78.2 cm³/mol. The zero-order chi connectivity index (χ0) is 12.3. The smallest absolute Gasteiger partial charge is 0.268 e. The van der Waals surface area contributed by atoms with Gasteiger partial charge in [-0.25, -0.2) is 0 Å². The van der Waals surface area contributed by atoms with Crippen LogP contribution in [0.25, 0.3) is 10.9 Å². The van der Waals surface area contributed by atoms with E-state index in [2.05, 4.69) is 39.5 Å². The minimum atomic E-state index is -0.0625. The molecule has 0 saturated heterocycles. The van der Waals surface area contributed by atoms with E-state index in [1.54, 1.807) is 6.08 Å². The second-order valence-corrected chi connectivity index (χ2v) is 4.77. The van der Waals surface area contributed by atoms with E-state index in [-0.39, 0.29) is 5.91 Å². The number of hydrogen-bond acceptors (Lipinski definition) is 1. The molecule has 0 atom stereocenters. The van der Waals surface area contributed by atoms with E-state index >= 15 is 0 Å². The Morgan fingerprint density at radius 2 is 2.24 bits per heavy atom. The molecule has 0 bridgehead atoms. The predicted octanol–water partition coefficient (Wildman–Crippen LogP) is 3.08. The number of amides is 1. The zero-order valence-corrected chi connectivity index (χ0v) is 11.5. The first-order chi connectivity index (χ1) is 8.24. The van der Waals surface area contributed by atoms with Crippen LogP contribution >= 0.6 is 22.6 Å². The van der Waals surface area contributed by atoms with Gasteiger partial charge in [-0.2, -0.15) is 0 Å². The fraction of sp³-hybridized carbons (Fsp3) is 0.154. The monoisotopic (exact) mass is 340 g/mol. The number of rotatable bonds is 4. The van der Waals surface area contributed by atoms with Crippen molar-refractivity contribution >= 4 is 39.4 Å². The van der Waals surface area contributed by atoms with Crippen LogP contribution in [0.3, 0.4) is 0 Å². The van der Waals surface area contributed by atoms with Crippen molar-refractivity contribution in [2.45, 2.75) is 6.42 Å². The third kappa shape index (κ3) is 2.52. The summed E-state index contributed by atoms with van der Waals surface area (Å²) in [7, 11) is 0. The zero-order valence-electron chi connectivity index (χ0n) is 9.29. The molecule has 88 valence electrons. The van der Waals surface area contributed by atoms with Gasteiger partial charge in [0, 0.05) is 17.4 Å². The molecule has 2 aromatic rings. The van der Waals surface area contributed by atoms with Gasteiger partial charge >= 0.3 is 0 Å². The van der Waals surface area contributed by atoms with Gasteiger partial charge in [-0.3, -0.25) is 4.79 Å². The molecule has 1 heterocycles. The first-order valence-corrected chi connectivity index (χ1v) is 6.47. The molecule has 0 unspecified atom stereocenters. The van der Waals surface area contributed by atoms with Crippen molar-refractivity contribution in [2.24, 2.45) is 0 Å². The molecule has 1 aromatic heterocycles. The summed E-state index contributed by atoms with van der Waals surface area (Å²) in [5, 5.41) is 3.94. The maximum atomic E-state index is 11.9. The lowest BCUT2D eigenvalue weighted by Gasteiger charge is -2.01. The minimum Gasteiger partial charge on any atom is -0.350 e. The van der Waals surface area contributed by atoms with E-state index in [0.29, 0.717) is 12.2 Å². The third-order valence-electron chi connectivity index (χ3n) is 2.50. The van der Waals surface area contributed by atoms with Crippen LogP contribution in [0.4, 0.5) is 0 Å². The standard InChI is InChI=1S/C13H13IN2O/c1-2-3-8-15-13(17)12-11(14)9-6-4-5-7-10(9)16-12/h2,4-7,16H,1,3,8H2,(H,15,17). The summed E-state index contributed by atoms with van der Waals surface area (Å²) in [4.78, 5) is 15.1. The van der Waals surface area contributed by atoms with Crippen LogP contribution in [0, 0.1) is 3.57 Å². The summed E-state index contributed by atoms with van der Waals surface area (Å²) in [5.74, 6) is -0.0625. The lowest BCUT2D eigenvalue weighted by Crippen LogP contribution is -2.25. The highest BCUT2D eigenvalue weighted by Gasteiger charge is 2.14. The highest BCUT2D eigenvalue weighted by molar-refractivity contribution is 14.1. The van der Waals surface area contributed by atoms with Crippen LogP contribution in [-0.2, 0) is 0 Å². The number of benzene rings is 1. The summed E-state index contributed by atoms with van der Waals surface area (Å²) < 4.78 is 0.967. The van der Waals surface area contributed by atoms with Gasteiger partial charge in [0.2, 0.25) is 0 Å². The van der Waals surface area contributed by atoms with E-state index in [0.717, 1.165) is 20.9 Å². The van der Waals surface area contributed by atoms with Crippen LogP contribution in [-0.4, -0.2) is 17.4 Å². The Morgan fingerprint density at radius 3 is 2.94 bits per heavy atom. The van der Waals surface area contributed by atoms with Gasteiger partial charge in [0.05, 0.1) is 3.57 Å². The molecule has 0 radical (unpaired) electrons. The van der Waals surface area contributed by atoms with Gasteiger partial charge in [-0.1, -0.05) is 24.3 Å². The van der Waals surface area contributed by atoms with Gasteiger partial charge in [0.1, 0.15) is 5.69 Å². The van der Waals surface area contributed by atoms with E-state index in [4.69, 9.17) is 0 Å². The van der Waals surface area contributed by atoms with Crippen molar-refractivity contribution in [1.29, 1.82) is 0 Å². The fourth-order valence-corrected chi connectivity index (χ4v) is 2.49. The van der Waals surface area contributed by atoms with Gasteiger partial charge < -0.3 is 10.3 Å². The van der Waals surface area contributed by atoms with Crippen LogP contribution < -0.4 is 5.32 Å². The number of nitrogens with one attached hydrogen (secondary N) is 2. The Balaban J connectivity index is 2.26. The molecule has 0 spiro atoms. The molecule has 0 aliphatic rings. The lowest BCUT2D eigenvalue weighted by atomic mass is 10.2. The number of hydrogen-bond donors (Lipinski definition) is 2. The normalized spacial score (nSPS) is 10.4. The molecule has 1 aromatic carbocycles. The summed E-state index contributed by atoms with van der Waals surface area (Å²) in [6, 6.07) is 7.90. The van der Waals surface area contributed by atoms with Crippen molar-refractivity contribution in [3.05, 3.63) is 46.2 Å². The van der Waals surface area contributed by atoms with Crippen molar-refractivity contribution in [3.8, 4) is 0 Å². The number of halogens is 1. The van der Waals surface area contributed by atoms with E-state index in [1.165, 1.54) is 0 Å². The SMILES string of the molecule is C=CCCNC(=O)c1[nH]c2ccccc2c1I. The average Bonchev–Trinajstić information content (AvgIpc) is 2.68. The van der Waals surface area contributed by atoms with Gasteiger partial charge in [0.25, 0.3) is 5.91 Å². The number of para-hydroxylation sites is 1. The molecular weight excluding hydrogens is 327 g/mol. The largest absolute Gasteiger partial charge is 0.350 e. The highest BCUT2D eigenvalue weighted by Crippen LogP contribution is 2.23. The minimum absolute atomic E-state index is 0.0625. The maximum absolute atomic E-state index is 11.9. The summed E-state index contributed by atoms with van der Waals surface area (Å²) in [6.45, 7) is 4.24. The number of fused-ring (bicyclic) bond motifs is 1. The molecule has 0 aliphatic carbocycles. The Hall–Kier alpha value is -1.30. The number of carbonyl (C=O) groups excluding carboxylic acids is 1. The van der Waals surface area contributed by atoms with Crippen LogP contribution in [0.15, 0.2) is 36.9 Å². The van der Waals surface area contributed by atoms with Gasteiger partial charge in [-0.05, 0) is 35.1 Å². The number of carbonyl (C=O) groups is 1. The van der Waals surface area contributed by atoms with Crippen molar-refractivity contribution in [2.75, 3.05) is 6.54 Å². The fourth-order valence-electron chi connectivity index (χ4n) is 1.64. The summed E-state index contributed by atoms with van der Waals surface area (Å²) in [5.41, 5.74) is 1.63. The van der Waals surface area contributed by atoms with Gasteiger partial charge in [0.15, 0.2) is 0 Å². The second-order valence-electron chi connectivity index (χ2n) is 3.69.